The minimum Gasteiger partial charge on any atom is -0.341 e. The van der Waals surface area contributed by atoms with Crippen molar-refractivity contribution >= 4 is 5.91 Å². The fraction of sp³-hybridized carbons (Fsp3) is 0.412. The van der Waals surface area contributed by atoms with Gasteiger partial charge < -0.3 is 4.90 Å². The summed E-state index contributed by atoms with van der Waals surface area (Å²) in [5, 5.41) is 15.7. The second kappa shape index (κ2) is 7.14. The van der Waals surface area contributed by atoms with Crippen molar-refractivity contribution in [1.82, 2.24) is 39.5 Å². The van der Waals surface area contributed by atoms with Crippen LogP contribution in [0.25, 0.3) is 5.69 Å². The summed E-state index contributed by atoms with van der Waals surface area (Å²) in [5.41, 5.74) is 0.647. The van der Waals surface area contributed by atoms with Crippen LogP contribution < -0.4 is 5.69 Å². The van der Waals surface area contributed by atoms with Gasteiger partial charge in [0.15, 0.2) is 6.33 Å². The zero-order valence-electron chi connectivity index (χ0n) is 15.0. The predicted octanol–water partition coefficient (Wildman–Crippen LogP) is -0.0363. The van der Waals surface area contributed by atoms with E-state index in [0.717, 1.165) is 24.4 Å². The van der Waals surface area contributed by atoms with E-state index < -0.39 is 0 Å². The first-order valence-corrected chi connectivity index (χ1v) is 8.83. The monoisotopic (exact) mass is 368 g/mol. The van der Waals surface area contributed by atoms with Crippen molar-refractivity contribution in [1.29, 1.82) is 0 Å². The third kappa shape index (κ3) is 3.37. The van der Waals surface area contributed by atoms with Crippen LogP contribution in [0.15, 0.2) is 41.5 Å². The van der Waals surface area contributed by atoms with E-state index in [9.17, 15) is 9.59 Å². The summed E-state index contributed by atoms with van der Waals surface area (Å²) in [7, 11) is 1.66. The lowest BCUT2D eigenvalue weighted by molar-refractivity contribution is -0.133. The Balaban J connectivity index is 1.50. The second-order valence-corrected chi connectivity index (χ2v) is 6.56. The second-order valence-electron chi connectivity index (χ2n) is 6.56. The molecule has 1 saturated heterocycles. The van der Waals surface area contributed by atoms with Crippen LogP contribution in [0, 0.1) is 0 Å². The third-order valence-corrected chi connectivity index (χ3v) is 4.85. The molecule has 0 saturated carbocycles. The molecule has 140 valence electrons. The molecule has 1 aromatic carbocycles. The SMILES string of the molecule is Cn1nc(C2CCN(C(=O)Cn3ncnn3)CC2)n(-c2ccccc2)c1=O. The standard InChI is InChI=1S/C17H20N8O2/c1-22-17(27)25(14-5-3-2-4-6-14)16(20-22)13-7-9-23(10-8-13)15(26)11-24-19-12-18-21-24/h2-6,12-13H,7-11H2,1H3. The molecule has 2 aromatic heterocycles. The number of hydrogen-bond acceptors (Lipinski definition) is 6. The molecular weight excluding hydrogens is 348 g/mol. The van der Waals surface area contributed by atoms with Crippen molar-refractivity contribution in [3.05, 3.63) is 53.0 Å². The van der Waals surface area contributed by atoms with Gasteiger partial charge in [0.25, 0.3) is 0 Å². The highest BCUT2D eigenvalue weighted by Crippen LogP contribution is 2.27. The number of aryl methyl sites for hydroxylation is 1. The lowest BCUT2D eigenvalue weighted by atomic mass is 9.95. The minimum absolute atomic E-state index is 0.0343. The molecule has 10 nitrogen and oxygen atoms in total. The summed E-state index contributed by atoms with van der Waals surface area (Å²) >= 11 is 0. The molecule has 0 atom stereocenters. The molecule has 0 aliphatic carbocycles. The smallest absolute Gasteiger partial charge is 0.341 e. The van der Waals surface area contributed by atoms with E-state index in [1.54, 1.807) is 16.5 Å². The number of para-hydroxylation sites is 1. The number of nitrogens with zero attached hydrogens (tertiary/aromatic N) is 8. The normalized spacial score (nSPS) is 15.2. The Bertz CT molecular complexity index is 968. The van der Waals surface area contributed by atoms with Crippen molar-refractivity contribution in [2.75, 3.05) is 13.1 Å². The van der Waals surface area contributed by atoms with Gasteiger partial charge >= 0.3 is 5.69 Å². The lowest BCUT2D eigenvalue weighted by Gasteiger charge is -2.31. The summed E-state index contributed by atoms with van der Waals surface area (Å²) in [6, 6.07) is 9.52. The van der Waals surface area contributed by atoms with Gasteiger partial charge in [-0.2, -0.15) is 9.90 Å². The van der Waals surface area contributed by atoms with Crippen molar-refractivity contribution in [2.45, 2.75) is 25.3 Å². The van der Waals surface area contributed by atoms with Crippen LogP contribution in [-0.2, 0) is 18.4 Å². The number of benzene rings is 1. The maximum absolute atomic E-state index is 12.6. The van der Waals surface area contributed by atoms with Gasteiger partial charge in [-0.25, -0.2) is 14.0 Å². The largest absolute Gasteiger partial charge is 0.350 e. The first-order chi connectivity index (χ1) is 13.1. The number of amides is 1. The molecule has 10 heteroatoms. The Kier molecular flexibility index (Phi) is 4.53. The van der Waals surface area contributed by atoms with Gasteiger partial charge in [-0.3, -0.25) is 4.79 Å². The third-order valence-electron chi connectivity index (χ3n) is 4.85. The Morgan fingerprint density at radius 2 is 1.93 bits per heavy atom. The van der Waals surface area contributed by atoms with Gasteiger partial charge in [0.2, 0.25) is 5.91 Å². The highest BCUT2D eigenvalue weighted by Gasteiger charge is 2.28. The highest BCUT2D eigenvalue weighted by molar-refractivity contribution is 5.75. The van der Waals surface area contributed by atoms with E-state index in [-0.39, 0.29) is 24.1 Å². The molecule has 1 fully saturated rings. The molecule has 0 radical (unpaired) electrons. The quantitative estimate of drug-likeness (QED) is 0.640. The maximum atomic E-state index is 12.6. The number of hydrogen-bond donors (Lipinski definition) is 0. The molecule has 0 bridgehead atoms. The van der Waals surface area contributed by atoms with Gasteiger partial charge in [-0.1, -0.05) is 18.2 Å². The van der Waals surface area contributed by atoms with E-state index in [4.69, 9.17) is 0 Å². The average molecular weight is 368 g/mol. The van der Waals surface area contributed by atoms with Crippen LogP contribution in [0.2, 0.25) is 0 Å². The summed E-state index contributed by atoms with van der Waals surface area (Å²) in [4.78, 5) is 28.0. The predicted molar refractivity (Wildman–Crippen MR) is 95.2 cm³/mol. The fourth-order valence-electron chi connectivity index (χ4n) is 3.44. The van der Waals surface area contributed by atoms with Gasteiger partial charge in [-0.15, -0.1) is 10.2 Å². The van der Waals surface area contributed by atoms with Gasteiger partial charge in [0.05, 0.1) is 5.69 Å². The summed E-state index contributed by atoms with van der Waals surface area (Å²) in [6.45, 7) is 1.30. The van der Waals surface area contributed by atoms with Gasteiger partial charge in [0.1, 0.15) is 12.4 Å². The van der Waals surface area contributed by atoms with Crippen molar-refractivity contribution in [3.8, 4) is 5.69 Å². The van der Waals surface area contributed by atoms with Crippen LogP contribution in [0.1, 0.15) is 24.6 Å². The highest BCUT2D eigenvalue weighted by atomic mass is 16.2. The van der Waals surface area contributed by atoms with Crippen LogP contribution in [0.4, 0.5) is 0 Å². The zero-order valence-corrected chi connectivity index (χ0v) is 15.0. The van der Waals surface area contributed by atoms with Gasteiger partial charge in [-0.05, 0) is 30.2 Å². The molecule has 4 rings (SSSR count). The number of carbonyl (C=O) groups is 1. The number of aromatic nitrogens is 7. The van der Waals surface area contributed by atoms with E-state index >= 15 is 0 Å². The number of rotatable bonds is 4. The average Bonchev–Trinajstić information content (AvgIpc) is 3.31. The lowest BCUT2D eigenvalue weighted by Crippen LogP contribution is -2.40. The number of tetrazole rings is 1. The molecule has 0 unspecified atom stereocenters. The molecule has 27 heavy (non-hydrogen) atoms. The van der Waals surface area contributed by atoms with Crippen molar-refractivity contribution < 1.29 is 4.79 Å². The molecule has 3 heterocycles. The van der Waals surface area contributed by atoms with Crippen LogP contribution in [0.3, 0.4) is 0 Å². The molecule has 1 amide bonds. The van der Waals surface area contributed by atoms with Gasteiger partial charge in [0, 0.05) is 26.1 Å². The molecular formula is C17H20N8O2. The van der Waals surface area contributed by atoms with Crippen LogP contribution >= 0.6 is 0 Å². The Hall–Kier alpha value is -3.30. The summed E-state index contributed by atoms with van der Waals surface area (Å²) in [6.07, 6.45) is 2.81. The van der Waals surface area contributed by atoms with Crippen molar-refractivity contribution in [2.24, 2.45) is 7.05 Å². The van der Waals surface area contributed by atoms with Crippen LogP contribution in [-0.4, -0.2) is 58.5 Å². The van der Waals surface area contributed by atoms with Crippen molar-refractivity contribution in [3.63, 3.8) is 0 Å². The topological polar surface area (TPSA) is 104 Å². The van der Waals surface area contributed by atoms with E-state index in [1.807, 2.05) is 30.3 Å². The van der Waals surface area contributed by atoms with E-state index in [1.165, 1.54) is 15.8 Å². The fourth-order valence-corrected chi connectivity index (χ4v) is 3.44. The molecule has 1 aliphatic rings. The first kappa shape index (κ1) is 17.1. The Morgan fingerprint density at radius 1 is 1.19 bits per heavy atom. The van der Waals surface area contributed by atoms with E-state index in [2.05, 4.69) is 20.5 Å². The summed E-state index contributed by atoms with van der Waals surface area (Å²) in [5.74, 6) is 0.833. The molecule has 0 N–H and O–H groups in total. The van der Waals surface area contributed by atoms with Crippen LogP contribution in [0.5, 0.6) is 0 Å². The number of carbonyl (C=O) groups excluding carboxylic acids is 1. The minimum atomic E-state index is -0.160. The molecule has 3 aromatic rings. The number of likely N-dealkylation sites (tertiary alicyclic amines) is 1. The molecule has 1 aliphatic heterocycles. The first-order valence-electron chi connectivity index (χ1n) is 8.83. The Morgan fingerprint density at radius 3 is 2.59 bits per heavy atom. The maximum Gasteiger partial charge on any atom is 0.350 e. The van der Waals surface area contributed by atoms with E-state index in [0.29, 0.717) is 13.1 Å². The summed E-state index contributed by atoms with van der Waals surface area (Å²) < 4.78 is 3.04. The number of piperidine rings is 1. The zero-order chi connectivity index (χ0) is 18.8. The molecule has 0 spiro atoms. The Labute approximate surface area is 155 Å².